The summed E-state index contributed by atoms with van der Waals surface area (Å²) in [4.78, 5) is 25.7. The molecule has 0 radical (unpaired) electrons. The Morgan fingerprint density at radius 3 is 1.05 bits per heavy atom. The third-order valence-corrected chi connectivity index (χ3v) is 8.78. The zero-order valence-electron chi connectivity index (χ0n) is 20.9. The predicted molar refractivity (Wildman–Crippen MR) is 165 cm³/mol. The quantitative estimate of drug-likeness (QED) is 0.166. The Morgan fingerprint density at radius 1 is 0.421 bits per heavy atom. The standard InChI is InChI=1S/C34H22O2S2/c1-19(35)37-27-15-13-21-3-5-23-7-9-25-11-12-26-10-8-24-6-4-22-14-16-28(38-20(2)36)18-30(22)32(24)34(26)33(25)31(23)29(21)17-27/h3-18H,1-2H3. The van der Waals surface area contributed by atoms with E-state index >= 15 is 0 Å². The van der Waals surface area contributed by atoms with E-state index in [-0.39, 0.29) is 10.2 Å². The molecular formula is C34H22O2S2. The highest BCUT2D eigenvalue weighted by atomic mass is 32.2. The van der Waals surface area contributed by atoms with Gasteiger partial charge in [0.2, 0.25) is 0 Å². The molecule has 7 aromatic carbocycles. The predicted octanol–water partition coefficient (Wildman–Crippen LogP) is 9.88. The van der Waals surface area contributed by atoms with Crippen LogP contribution in [0.2, 0.25) is 0 Å². The summed E-state index contributed by atoms with van der Waals surface area (Å²) in [6.07, 6.45) is 0. The fraction of sp³-hybridized carbons (Fsp3) is 0.0588. The van der Waals surface area contributed by atoms with Crippen LogP contribution in [0.1, 0.15) is 13.8 Å². The van der Waals surface area contributed by atoms with E-state index in [4.69, 9.17) is 0 Å². The maximum absolute atomic E-state index is 11.9. The topological polar surface area (TPSA) is 34.1 Å². The van der Waals surface area contributed by atoms with Crippen LogP contribution in [-0.4, -0.2) is 10.2 Å². The third kappa shape index (κ3) is 3.75. The van der Waals surface area contributed by atoms with E-state index in [9.17, 15) is 9.59 Å². The highest BCUT2D eigenvalue weighted by molar-refractivity contribution is 8.13. The molecule has 0 aromatic heterocycles. The van der Waals surface area contributed by atoms with Gasteiger partial charge in [-0.2, -0.15) is 0 Å². The molecule has 0 heterocycles. The van der Waals surface area contributed by atoms with Crippen LogP contribution in [0.25, 0.3) is 64.6 Å². The summed E-state index contributed by atoms with van der Waals surface area (Å²) in [5.41, 5.74) is 0. The summed E-state index contributed by atoms with van der Waals surface area (Å²) in [5.74, 6) is 0. The van der Waals surface area contributed by atoms with E-state index in [1.54, 1.807) is 13.8 Å². The van der Waals surface area contributed by atoms with Gasteiger partial charge in [0.05, 0.1) is 0 Å². The molecule has 0 spiro atoms. The number of carbonyl (C=O) groups excluding carboxylic acids is 2. The van der Waals surface area contributed by atoms with Crippen molar-refractivity contribution in [3.8, 4) is 0 Å². The fourth-order valence-corrected chi connectivity index (χ4v) is 7.03. The van der Waals surface area contributed by atoms with Crippen LogP contribution in [0, 0.1) is 0 Å². The van der Waals surface area contributed by atoms with Crippen LogP contribution in [-0.2, 0) is 9.59 Å². The van der Waals surface area contributed by atoms with Gasteiger partial charge < -0.3 is 0 Å². The first-order chi connectivity index (χ1) is 18.5. The lowest BCUT2D eigenvalue weighted by Crippen LogP contribution is -1.88. The highest BCUT2D eigenvalue weighted by Crippen LogP contribution is 2.42. The number of hydrogen-bond donors (Lipinski definition) is 0. The third-order valence-electron chi connectivity index (χ3n) is 7.23. The molecule has 182 valence electrons. The van der Waals surface area contributed by atoms with Gasteiger partial charge in [-0.25, -0.2) is 0 Å². The molecule has 0 bridgehead atoms. The minimum atomic E-state index is 0.0802. The average molecular weight is 527 g/mol. The van der Waals surface area contributed by atoms with Gasteiger partial charge in [0.25, 0.3) is 0 Å². The Labute approximate surface area is 228 Å². The van der Waals surface area contributed by atoms with E-state index in [1.807, 2.05) is 12.1 Å². The molecule has 7 aromatic rings. The minimum Gasteiger partial charge on any atom is -0.287 e. The maximum Gasteiger partial charge on any atom is 0.190 e. The number of benzene rings is 7. The van der Waals surface area contributed by atoms with E-state index in [1.165, 1.54) is 66.6 Å². The van der Waals surface area contributed by atoms with Crippen LogP contribution >= 0.6 is 23.5 Å². The van der Waals surface area contributed by atoms with Gasteiger partial charge in [0.1, 0.15) is 0 Å². The van der Waals surface area contributed by atoms with Crippen molar-refractivity contribution in [3.05, 3.63) is 97.1 Å². The van der Waals surface area contributed by atoms with Crippen LogP contribution in [0.5, 0.6) is 0 Å². The molecule has 2 nitrogen and oxygen atoms in total. The molecule has 0 aliphatic rings. The monoisotopic (exact) mass is 526 g/mol. The normalized spacial score (nSPS) is 11.8. The SMILES string of the molecule is CC(=O)Sc1ccc2ccc3ccc4ccc5ccc6ccc7ccc(SC(C)=O)cc7c6c5c4c3c2c1. The fourth-order valence-electron chi connectivity index (χ4n) is 5.74. The van der Waals surface area contributed by atoms with Gasteiger partial charge >= 0.3 is 0 Å². The zero-order valence-corrected chi connectivity index (χ0v) is 22.5. The van der Waals surface area contributed by atoms with Crippen molar-refractivity contribution in [2.45, 2.75) is 23.6 Å². The second-order valence-electron chi connectivity index (χ2n) is 9.67. The van der Waals surface area contributed by atoms with Crippen LogP contribution in [0.3, 0.4) is 0 Å². The molecule has 0 amide bonds. The molecule has 0 saturated carbocycles. The van der Waals surface area contributed by atoms with Crippen LogP contribution in [0.4, 0.5) is 0 Å². The summed E-state index contributed by atoms with van der Waals surface area (Å²) in [6, 6.07) is 34.5. The summed E-state index contributed by atoms with van der Waals surface area (Å²) in [5, 5.41) is 14.3. The van der Waals surface area contributed by atoms with Gasteiger partial charge in [-0.1, -0.05) is 96.3 Å². The average Bonchev–Trinajstić information content (AvgIpc) is 2.91. The summed E-state index contributed by atoms with van der Waals surface area (Å²) in [7, 11) is 0. The molecule has 7 rings (SSSR count). The van der Waals surface area contributed by atoms with E-state index in [0.717, 1.165) is 31.3 Å². The highest BCUT2D eigenvalue weighted by Gasteiger charge is 2.14. The van der Waals surface area contributed by atoms with Gasteiger partial charge in [-0.3, -0.25) is 9.59 Å². The summed E-state index contributed by atoms with van der Waals surface area (Å²) >= 11 is 2.55. The first-order valence-electron chi connectivity index (χ1n) is 12.5. The molecular weight excluding hydrogens is 505 g/mol. The van der Waals surface area contributed by atoms with Crippen LogP contribution < -0.4 is 0 Å². The van der Waals surface area contributed by atoms with Gasteiger partial charge in [-0.05, 0) is 88.9 Å². The number of carbonyl (C=O) groups is 2. The van der Waals surface area contributed by atoms with Crippen molar-refractivity contribution in [1.82, 2.24) is 0 Å². The molecule has 0 aliphatic carbocycles. The Bertz CT molecular complexity index is 1970. The summed E-state index contributed by atoms with van der Waals surface area (Å²) in [6.45, 7) is 3.22. The first-order valence-corrected chi connectivity index (χ1v) is 14.1. The van der Waals surface area contributed by atoms with E-state index < -0.39 is 0 Å². The van der Waals surface area contributed by atoms with Gasteiger partial charge in [-0.15, -0.1) is 0 Å². The molecule has 0 atom stereocenters. The number of fused-ring (bicyclic) bond motifs is 11. The molecule has 0 N–H and O–H groups in total. The lowest BCUT2D eigenvalue weighted by Gasteiger charge is -2.15. The second-order valence-corrected chi connectivity index (χ2v) is 12.2. The molecule has 4 heteroatoms. The maximum atomic E-state index is 11.9. The molecule has 0 unspecified atom stereocenters. The van der Waals surface area contributed by atoms with Crippen molar-refractivity contribution >= 4 is 98.4 Å². The minimum absolute atomic E-state index is 0.0802. The number of rotatable bonds is 2. The first kappa shape index (κ1) is 23.3. The smallest absolute Gasteiger partial charge is 0.190 e. The van der Waals surface area contributed by atoms with Crippen molar-refractivity contribution in [3.63, 3.8) is 0 Å². The Kier molecular flexibility index (Phi) is 5.43. The molecule has 0 aliphatic heterocycles. The lowest BCUT2D eigenvalue weighted by atomic mass is 9.89. The van der Waals surface area contributed by atoms with Crippen molar-refractivity contribution in [2.24, 2.45) is 0 Å². The van der Waals surface area contributed by atoms with Crippen molar-refractivity contribution < 1.29 is 9.59 Å². The zero-order chi connectivity index (χ0) is 26.0. The number of hydrogen-bond acceptors (Lipinski definition) is 4. The Morgan fingerprint density at radius 2 is 0.711 bits per heavy atom. The Hall–Kier alpha value is -3.86. The van der Waals surface area contributed by atoms with Crippen molar-refractivity contribution in [1.29, 1.82) is 0 Å². The molecule has 38 heavy (non-hydrogen) atoms. The van der Waals surface area contributed by atoms with Crippen molar-refractivity contribution in [2.75, 3.05) is 0 Å². The number of thioether (sulfide) groups is 2. The van der Waals surface area contributed by atoms with Crippen LogP contribution in [0.15, 0.2) is 107 Å². The lowest BCUT2D eigenvalue weighted by molar-refractivity contribution is -0.109. The van der Waals surface area contributed by atoms with E-state index in [0.29, 0.717) is 0 Å². The Balaban J connectivity index is 1.72. The van der Waals surface area contributed by atoms with E-state index in [2.05, 4.69) is 84.9 Å². The second kappa shape index (κ2) is 8.87. The van der Waals surface area contributed by atoms with Gasteiger partial charge in [0.15, 0.2) is 10.2 Å². The molecule has 0 saturated heterocycles. The van der Waals surface area contributed by atoms with Gasteiger partial charge in [0, 0.05) is 23.6 Å². The largest absolute Gasteiger partial charge is 0.287 e. The summed E-state index contributed by atoms with van der Waals surface area (Å²) < 4.78 is 0. The molecule has 0 fully saturated rings.